The third-order valence-corrected chi connectivity index (χ3v) is 1.62. The maximum absolute atomic E-state index is 5.21. The van der Waals surface area contributed by atoms with E-state index in [9.17, 15) is 0 Å². The number of aromatic nitrogens is 1. The lowest BCUT2D eigenvalue weighted by Gasteiger charge is -1.99. The topological polar surface area (TPSA) is 35.3 Å². The summed E-state index contributed by atoms with van der Waals surface area (Å²) in [6.07, 6.45) is 6.46. The molecule has 0 saturated carbocycles. The predicted octanol–water partition coefficient (Wildman–Crippen LogP) is 1.84. The number of oxazole rings is 1. The van der Waals surface area contributed by atoms with Gasteiger partial charge in [-0.05, 0) is 12.1 Å². The number of hydrogen-bond acceptors (Lipinski definition) is 3. The number of ether oxygens (including phenoxy) is 1. The molecule has 0 spiro atoms. The molecule has 0 unspecified atom stereocenters. The lowest BCUT2D eigenvalue weighted by atomic mass is 10.3. The Hall–Kier alpha value is -1.95. The molecule has 1 aromatic heterocycles. The van der Waals surface area contributed by atoms with Crippen molar-refractivity contribution < 1.29 is 9.15 Å². The highest BCUT2D eigenvalue weighted by molar-refractivity contribution is 5.73. The Morgan fingerprint density at radius 2 is 2.46 bits per heavy atom. The highest BCUT2D eigenvalue weighted by Crippen LogP contribution is 2.19. The molecule has 0 radical (unpaired) electrons. The minimum atomic E-state index is 0.264. The summed E-state index contributed by atoms with van der Waals surface area (Å²) in [5.41, 5.74) is 1.52. The van der Waals surface area contributed by atoms with Crippen LogP contribution < -0.4 is 4.74 Å². The molecule has 3 nitrogen and oxygen atoms in total. The molecule has 0 N–H and O–H groups in total. The maximum atomic E-state index is 5.21. The van der Waals surface area contributed by atoms with Crippen molar-refractivity contribution in [3.63, 3.8) is 0 Å². The molecule has 0 aliphatic rings. The number of rotatable bonds is 2. The minimum absolute atomic E-state index is 0.264. The fourth-order valence-electron chi connectivity index (χ4n) is 1.05. The fourth-order valence-corrected chi connectivity index (χ4v) is 1.05. The van der Waals surface area contributed by atoms with Gasteiger partial charge in [0, 0.05) is 6.07 Å². The average Bonchev–Trinajstić information content (AvgIpc) is 2.61. The Labute approximate surface area is 75.3 Å². The third-order valence-electron chi connectivity index (χ3n) is 1.62. The Morgan fingerprint density at radius 3 is 3.31 bits per heavy atom. The first-order valence-corrected chi connectivity index (χ1v) is 3.79. The van der Waals surface area contributed by atoms with Gasteiger partial charge in [0.15, 0.2) is 12.0 Å². The molecular formula is C10H7NO2. The molecule has 2 aromatic rings. The molecule has 1 heterocycles. The second-order valence-corrected chi connectivity index (χ2v) is 2.47. The molecule has 1 aromatic carbocycles. The molecule has 0 aliphatic carbocycles. The summed E-state index contributed by atoms with van der Waals surface area (Å²) in [5, 5.41) is 0. The van der Waals surface area contributed by atoms with Crippen molar-refractivity contribution in [1.29, 1.82) is 0 Å². The van der Waals surface area contributed by atoms with E-state index < -0.39 is 0 Å². The summed E-state index contributed by atoms with van der Waals surface area (Å²) < 4.78 is 10.3. The second kappa shape index (κ2) is 3.20. The standard InChI is InChI=1S/C10H7NO2/c1-2-5-12-8-3-4-9-10(6-8)13-7-11-9/h1,3-4,6-7H,5H2. The van der Waals surface area contributed by atoms with Gasteiger partial charge in [-0.1, -0.05) is 5.92 Å². The summed E-state index contributed by atoms with van der Waals surface area (Å²) in [5.74, 6) is 3.09. The van der Waals surface area contributed by atoms with E-state index in [1.54, 1.807) is 6.07 Å². The molecule has 0 saturated heterocycles. The van der Waals surface area contributed by atoms with Crippen molar-refractivity contribution >= 4 is 11.1 Å². The largest absolute Gasteiger partial charge is 0.481 e. The van der Waals surface area contributed by atoms with Gasteiger partial charge in [0.25, 0.3) is 0 Å². The average molecular weight is 173 g/mol. The van der Waals surface area contributed by atoms with Crippen LogP contribution >= 0.6 is 0 Å². The van der Waals surface area contributed by atoms with Crippen LogP contribution in [-0.4, -0.2) is 11.6 Å². The van der Waals surface area contributed by atoms with Crippen LogP contribution in [0.4, 0.5) is 0 Å². The van der Waals surface area contributed by atoms with E-state index in [1.807, 2.05) is 12.1 Å². The van der Waals surface area contributed by atoms with Crippen LogP contribution in [0.2, 0.25) is 0 Å². The summed E-state index contributed by atoms with van der Waals surface area (Å²) in [7, 11) is 0. The van der Waals surface area contributed by atoms with E-state index in [-0.39, 0.29) is 6.61 Å². The van der Waals surface area contributed by atoms with Gasteiger partial charge in [-0.3, -0.25) is 0 Å². The Morgan fingerprint density at radius 1 is 1.54 bits per heavy atom. The zero-order valence-corrected chi connectivity index (χ0v) is 6.86. The number of benzene rings is 1. The predicted molar refractivity (Wildman–Crippen MR) is 48.3 cm³/mol. The molecule has 0 bridgehead atoms. The van der Waals surface area contributed by atoms with Crippen molar-refractivity contribution in [1.82, 2.24) is 4.98 Å². The van der Waals surface area contributed by atoms with Crippen LogP contribution in [0.15, 0.2) is 29.0 Å². The van der Waals surface area contributed by atoms with Crippen LogP contribution in [0.3, 0.4) is 0 Å². The third kappa shape index (κ3) is 1.47. The van der Waals surface area contributed by atoms with Crippen LogP contribution in [0.25, 0.3) is 11.1 Å². The molecule has 0 amide bonds. The van der Waals surface area contributed by atoms with Gasteiger partial charge >= 0.3 is 0 Å². The van der Waals surface area contributed by atoms with Gasteiger partial charge in [0.05, 0.1) is 0 Å². The zero-order chi connectivity index (χ0) is 9.10. The summed E-state index contributed by atoms with van der Waals surface area (Å²) in [4.78, 5) is 3.98. The molecule has 2 rings (SSSR count). The van der Waals surface area contributed by atoms with E-state index in [0.29, 0.717) is 11.3 Å². The smallest absolute Gasteiger partial charge is 0.181 e. The molecule has 3 heteroatoms. The number of hydrogen-bond donors (Lipinski definition) is 0. The first-order valence-electron chi connectivity index (χ1n) is 3.79. The lowest BCUT2D eigenvalue weighted by molar-refractivity contribution is 0.370. The number of fused-ring (bicyclic) bond motifs is 1. The van der Waals surface area contributed by atoms with Crippen molar-refractivity contribution in [3.05, 3.63) is 24.6 Å². The highest BCUT2D eigenvalue weighted by atomic mass is 16.5. The summed E-state index contributed by atoms with van der Waals surface area (Å²) in [6, 6.07) is 5.40. The van der Waals surface area contributed by atoms with Crippen molar-refractivity contribution in [2.75, 3.05) is 6.61 Å². The molecule has 0 atom stereocenters. The first-order chi connectivity index (χ1) is 6.40. The molecule has 13 heavy (non-hydrogen) atoms. The van der Waals surface area contributed by atoms with Crippen LogP contribution in [0.1, 0.15) is 0 Å². The fraction of sp³-hybridized carbons (Fsp3) is 0.100. The summed E-state index contributed by atoms with van der Waals surface area (Å²) >= 11 is 0. The highest BCUT2D eigenvalue weighted by Gasteiger charge is 1.99. The van der Waals surface area contributed by atoms with E-state index in [1.165, 1.54) is 6.39 Å². The van der Waals surface area contributed by atoms with Crippen molar-refractivity contribution in [2.45, 2.75) is 0 Å². The normalized spacial score (nSPS) is 9.77. The van der Waals surface area contributed by atoms with Gasteiger partial charge in [-0.2, -0.15) is 0 Å². The van der Waals surface area contributed by atoms with E-state index in [4.69, 9.17) is 15.6 Å². The Balaban J connectivity index is 2.33. The molecule has 0 fully saturated rings. The number of terminal acetylenes is 1. The van der Waals surface area contributed by atoms with Gasteiger partial charge in [0.1, 0.15) is 17.9 Å². The molecular weight excluding hydrogens is 166 g/mol. The number of nitrogens with zero attached hydrogens (tertiary/aromatic N) is 1. The van der Waals surface area contributed by atoms with Crippen LogP contribution in [-0.2, 0) is 0 Å². The summed E-state index contributed by atoms with van der Waals surface area (Å²) in [6.45, 7) is 0.264. The Kier molecular flexibility index (Phi) is 1.89. The van der Waals surface area contributed by atoms with E-state index in [0.717, 1.165) is 5.52 Å². The van der Waals surface area contributed by atoms with Gasteiger partial charge in [0.2, 0.25) is 0 Å². The molecule has 0 aliphatic heterocycles. The van der Waals surface area contributed by atoms with E-state index >= 15 is 0 Å². The quantitative estimate of drug-likeness (QED) is 0.650. The van der Waals surface area contributed by atoms with Gasteiger partial charge in [-0.15, -0.1) is 6.42 Å². The lowest BCUT2D eigenvalue weighted by Crippen LogP contribution is -1.92. The zero-order valence-electron chi connectivity index (χ0n) is 6.86. The van der Waals surface area contributed by atoms with Crippen molar-refractivity contribution in [2.24, 2.45) is 0 Å². The van der Waals surface area contributed by atoms with Crippen LogP contribution in [0.5, 0.6) is 5.75 Å². The maximum Gasteiger partial charge on any atom is 0.181 e. The Bertz CT molecular complexity index is 453. The molecule has 64 valence electrons. The van der Waals surface area contributed by atoms with Gasteiger partial charge < -0.3 is 9.15 Å². The minimum Gasteiger partial charge on any atom is -0.481 e. The van der Waals surface area contributed by atoms with E-state index in [2.05, 4.69) is 10.9 Å². The second-order valence-electron chi connectivity index (χ2n) is 2.47. The SMILES string of the molecule is C#CCOc1ccc2ncoc2c1. The monoisotopic (exact) mass is 173 g/mol. The first kappa shape index (κ1) is 7.69. The van der Waals surface area contributed by atoms with Gasteiger partial charge in [-0.25, -0.2) is 4.98 Å². The van der Waals surface area contributed by atoms with Crippen LogP contribution in [0, 0.1) is 12.3 Å². The van der Waals surface area contributed by atoms with Crippen molar-refractivity contribution in [3.8, 4) is 18.1 Å².